The highest BCUT2D eigenvalue weighted by atomic mass is 16.3. The number of hydrogen-bond donors (Lipinski definition) is 2. The molecule has 0 spiro atoms. The van der Waals surface area contributed by atoms with Crippen LogP contribution in [0.25, 0.3) is 0 Å². The van der Waals surface area contributed by atoms with Gasteiger partial charge in [0.2, 0.25) is 0 Å². The molecule has 0 radical (unpaired) electrons. The number of rotatable bonds is 4. The smallest absolute Gasteiger partial charge is 0.120 e. The minimum Gasteiger partial charge on any atom is -0.508 e. The first-order valence-corrected chi connectivity index (χ1v) is 6.72. The molecular weight excluding hydrogens is 234 g/mol. The maximum atomic E-state index is 9.86. The molecule has 0 heterocycles. The normalized spacial score (nSPS) is 12.4. The Labute approximate surface area is 115 Å². The van der Waals surface area contributed by atoms with Crippen molar-refractivity contribution in [2.45, 2.75) is 32.7 Å². The molecule has 0 amide bonds. The summed E-state index contributed by atoms with van der Waals surface area (Å²) in [4.78, 5) is 0. The molecule has 19 heavy (non-hydrogen) atoms. The molecule has 1 unspecified atom stereocenters. The quantitative estimate of drug-likeness (QED) is 0.830. The Balaban J connectivity index is 2.17. The Hall–Kier alpha value is -1.96. The van der Waals surface area contributed by atoms with Crippen molar-refractivity contribution in [3.8, 4) is 5.75 Å². The zero-order valence-corrected chi connectivity index (χ0v) is 11.7. The van der Waals surface area contributed by atoms with Gasteiger partial charge in [0, 0.05) is 11.3 Å². The van der Waals surface area contributed by atoms with Crippen molar-refractivity contribution in [3.05, 3.63) is 59.7 Å². The lowest BCUT2D eigenvalue weighted by molar-refractivity contribution is 0.465. The van der Waals surface area contributed by atoms with Crippen LogP contribution in [-0.2, 0) is 0 Å². The Bertz CT molecular complexity index is 548. The second-order valence-electron chi connectivity index (χ2n) is 5.21. The Morgan fingerprint density at radius 2 is 1.68 bits per heavy atom. The summed E-state index contributed by atoms with van der Waals surface area (Å²) in [5.74, 6) is 0.852. The van der Waals surface area contributed by atoms with Crippen LogP contribution in [0.2, 0.25) is 0 Å². The Kier molecular flexibility index (Phi) is 4.10. The molecule has 0 aliphatic heterocycles. The Morgan fingerprint density at radius 1 is 0.947 bits per heavy atom. The lowest BCUT2D eigenvalue weighted by atomic mass is 10.0. The molecule has 0 fully saturated rings. The molecule has 0 saturated carbocycles. The monoisotopic (exact) mass is 255 g/mol. The number of aromatic hydroxyl groups is 1. The molecule has 0 saturated heterocycles. The van der Waals surface area contributed by atoms with Crippen LogP contribution in [0.4, 0.5) is 5.69 Å². The van der Waals surface area contributed by atoms with E-state index in [1.165, 1.54) is 5.56 Å². The van der Waals surface area contributed by atoms with Gasteiger partial charge in [0.25, 0.3) is 0 Å². The number of benzene rings is 2. The Morgan fingerprint density at radius 3 is 2.37 bits per heavy atom. The summed E-state index contributed by atoms with van der Waals surface area (Å²) in [5, 5.41) is 13.3. The van der Waals surface area contributed by atoms with Crippen LogP contribution in [0.15, 0.2) is 48.5 Å². The summed E-state index contributed by atoms with van der Waals surface area (Å²) in [6, 6.07) is 15.9. The van der Waals surface area contributed by atoms with Gasteiger partial charge in [-0.3, -0.25) is 0 Å². The second kappa shape index (κ2) is 5.79. The largest absolute Gasteiger partial charge is 0.508 e. The zero-order valence-electron chi connectivity index (χ0n) is 11.7. The minimum atomic E-state index is 0.0728. The lowest BCUT2D eigenvalue weighted by Crippen LogP contribution is -2.07. The van der Waals surface area contributed by atoms with E-state index in [0.29, 0.717) is 11.7 Å². The molecule has 0 bridgehead atoms. The topological polar surface area (TPSA) is 32.3 Å². The van der Waals surface area contributed by atoms with E-state index in [4.69, 9.17) is 0 Å². The molecular formula is C17H21NO. The third kappa shape index (κ3) is 3.28. The first-order chi connectivity index (χ1) is 9.08. The van der Waals surface area contributed by atoms with Gasteiger partial charge in [0.1, 0.15) is 5.75 Å². The first-order valence-electron chi connectivity index (χ1n) is 6.72. The lowest BCUT2D eigenvalue weighted by Gasteiger charge is -2.18. The van der Waals surface area contributed by atoms with E-state index in [-0.39, 0.29) is 6.04 Å². The summed E-state index contributed by atoms with van der Waals surface area (Å²) in [6.07, 6.45) is 0. The van der Waals surface area contributed by atoms with E-state index in [9.17, 15) is 5.11 Å². The van der Waals surface area contributed by atoms with Gasteiger partial charge in [0.15, 0.2) is 0 Å². The van der Waals surface area contributed by atoms with Crippen molar-refractivity contribution in [2.75, 3.05) is 5.32 Å². The van der Waals surface area contributed by atoms with E-state index in [1.807, 2.05) is 18.2 Å². The van der Waals surface area contributed by atoms with Gasteiger partial charge in [-0.15, -0.1) is 0 Å². The predicted molar refractivity (Wildman–Crippen MR) is 80.7 cm³/mol. The number of phenolic OH excluding ortho intramolecular Hbond substituents is 1. The van der Waals surface area contributed by atoms with E-state index in [0.717, 1.165) is 11.3 Å². The molecule has 2 heteroatoms. The van der Waals surface area contributed by atoms with Crippen LogP contribution < -0.4 is 5.32 Å². The van der Waals surface area contributed by atoms with Gasteiger partial charge < -0.3 is 10.4 Å². The summed E-state index contributed by atoms with van der Waals surface area (Å²) < 4.78 is 0. The van der Waals surface area contributed by atoms with Crippen molar-refractivity contribution in [3.63, 3.8) is 0 Å². The minimum absolute atomic E-state index is 0.0728. The molecule has 0 aromatic heterocycles. The van der Waals surface area contributed by atoms with Crippen LogP contribution >= 0.6 is 0 Å². The summed E-state index contributed by atoms with van der Waals surface area (Å²) >= 11 is 0. The van der Waals surface area contributed by atoms with Crippen LogP contribution in [0.1, 0.15) is 43.9 Å². The van der Waals surface area contributed by atoms with Gasteiger partial charge in [0.05, 0.1) is 6.04 Å². The molecule has 2 aromatic rings. The highest BCUT2D eigenvalue weighted by Crippen LogP contribution is 2.27. The maximum absolute atomic E-state index is 9.86. The average molecular weight is 255 g/mol. The van der Waals surface area contributed by atoms with Gasteiger partial charge >= 0.3 is 0 Å². The molecule has 2 aromatic carbocycles. The molecule has 0 aliphatic carbocycles. The molecule has 1 atom stereocenters. The summed E-state index contributed by atoms with van der Waals surface area (Å²) in [7, 11) is 0. The van der Waals surface area contributed by atoms with Crippen molar-refractivity contribution in [1.29, 1.82) is 0 Å². The highest BCUT2D eigenvalue weighted by Gasteiger charge is 2.09. The van der Waals surface area contributed by atoms with E-state index in [1.54, 1.807) is 6.07 Å². The van der Waals surface area contributed by atoms with Crippen molar-refractivity contribution in [1.82, 2.24) is 0 Å². The fourth-order valence-electron chi connectivity index (χ4n) is 2.17. The average Bonchev–Trinajstić information content (AvgIpc) is 2.39. The predicted octanol–water partition coefficient (Wildman–Crippen LogP) is 4.69. The van der Waals surface area contributed by atoms with Crippen LogP contribution in [0.3, 0.4) is 0 Å². The van der Waals surface area contributed by atoms with Gasteiger partial charge in [-0.2, -0.15) is 0 Å². The number of hydrogen-bond acceptors (Lipinski definition) is 2. The summed E-state index contributed by atoms with van der Waals surface area (Å²) in [5.41, 5.74) is 3.31. The third-order valence-corrected chi connectivity index (χ3v) is 3.34. The third-order valence-electron chi connectivity index (χ3n) is 3.34. The summed E-state index contributed by atoms with van der Waals surface area (Å²) in [6.45, 7) is 6.42. The van der Waals surface area contributed by atoms with Crippen molar-refractivity contribution in [2.24, 2.45) is 0 Å². The van der Waals surface area contributed by atoms with Crippen LogP contribution in [0.5, 0.6) is 5.75 Å². The molecule has 0 aliphatic rings. The van der Waals surface area contributed by atoms with Gasteiger partial charge in [-0.1, -0.05) is 44.2 Å². The molecule has 2 nitrogen and oxygen atoms in total. The maximum Gasteiger partial charge on any atom is 0.120 e. The second-order valence-corrected chi connectivity index (χ2v) is 5.21. The molecule has 2 rings (SSSR count). The van der Waals surface area contributed by atoms with Gasteiger partial charge in [-0.05, 0) is 36.6 Å². The number of para-hydroxylation sites is 1. The number of nitrogens with one attached hydrogen (secondary N) is 1. The van der Waals surface area contributed by atoms with E-state index in [2.05, 4.69) is 50.4 Å². The van der Waals surface area contributed by atoms with Crippen molar-refractivity contribution >= 4 is 5.69 Å². The van der Waals surface area contributed by atoms with Gasteiger partial charge in [-0.25, -0.2) is 0 Å². The highest BCUT2D eigenvalue weighted by molar-refractivity contribution is 5.49. The number of anilines is 1. The van der Waals surface area contributed by atoms with Crippen molar-refractivity contribution < 1.29 is 5.11 Å². The van der Waals surface area contributed by atoms with Crippen LogP contribution in [0, 0.1) is 0 Å². The number of phenols is 1. The van der Waals surface area contributed by atoms with E-state index < -0.39 is 0 Å². The van der Waals surface area contributed by atoms with E-state index >= 15 is 0 Å². The first kappa shape index (κ1) is 13.5. The fourth-order valence-corrected chi connectivity index (χ4v) is 2.17. The standard InChI is InChI=1S/C17H21NO/c1-12(2)14-7-6-8-15(11-14)18-13(3)16-9-4-5-10-17(16)19/h4-13,18-19H,1-3H3. The van der Waals surface area contributed by atoms with Crippen LogP contribution in [-0.4, -0.2) is 5.11 Å². The zero-order chi connectivity index (χ0) is 13.8. The molecule has 2 N–H and O–H groups in total. The molecule has 100 valence electrons. The fraction of sp³-hybridized carbons (Fsp3) is 0.294. The SMILES string of the molecule is CC(C)c1cccc(NC(C)c2ccccc2O)c1.